The van der Waals surface area contributed by atoms with E-state index in [0.717, 1.165) is 43.6 Å². The number of amides is 1. The highest BCUT2D eigenvalue weighted by molar-refractivity contribution is 5.76. The van der Waals surface area contributed by atoms with Crippen LogP contribution in [0.4, 0.5) is 13.2 Å². The Morgan fingerprint density at radius 2 is 1.69 bits per heavy atom. The molecule has 164 valence electrons. The summed E-state index contributed by atoms with van der Waals surface area (Å²) >= 11 is 0. The van der Waals surface area contributed by atoms with E-state index in [-0.39, 0.29) is 11.8 Å². The molecule has 0 aliphatic carbocycles. The number of nitrogens with zero attached hydrogens (tertiary/aromatic N) is 1. The number of nitrogens with one attached hydrogen (secondary N) is 1. The molecule has 0 unspecified atom stereocenters. The number of alkyl halides is 3. The molecule has 0 saturated carbocycles. The maximum absolute atomic E-state index is 12.7. The lowest BCUT2D eigenvalue weighted by Crippen LogP contribution is -2.40. The number of benzene rings is 1. The Hall–Kier alpha value is -1.56. The summed E-state index contributed by atoms with van der Waals surface area (Å²) in [7, 11) is 0. The third-order valence-corrected chi connectivity index (χ3v) is 6.14. The molecule has 6 heteroatoms. The number of likely N-dealkylation sites (tertiary alicyclic amines) is 1. The molecular formula is C23H35F3N2O. The van der Waals surface area contributed by atoms with E-state index in [9.17, 15) is 18.0 Å². The summed E-state index contributed by atoms with van der Waals surface area (Å²) < 4.78 is 38.2. The average Bonchev–Trinajstić information content (AvgIpc) is 2.65. The molecule has 1 fully saturated rings. The Bertz CT molecular complexity index is 633. The van der Waals surface area contributed by atoms with Crippen LogP contribution in [-0.2, 0) is 17.4 Å². The van der Waals surface area contributed by atoms with E-state index in [1.165, 1.54) is 0 Å². The summed E-state index contributed by atoms with van der Waals surface area (Å²) in [6, 6.07) is 5.91. The van der Waals surface area contributed by atoms with Gasteiger partial charge >= 0.3 is 6.18 Å². The maximum Gasteiger partial charge on any atom is 0.416 e. The van der Waals surface area contributed by atoms with Gasteiger partial charge in [-0.2, -0.15) is 13.2 Å². The standard InChI is InChI=1S/C23H35F3N2O/c1-16(2)20(13-18-5-7-21(8-6-18)23(24,25)26)15-27-22(29)14-19-9-11-28(12-10-19)17(3)4/h5-8,16-17,19-20H,9-15H2,1-4H3,(H,27,29)/t20-/m0/s1. The van der Waals surface area contributed by atoms with Crippen molar-refractivity contribution in [2.24, 2.45) is 17.8 Å². The predicted molar refractivity (Wildman–Crippen MR) is 111 cm³/mol. The molecule has 1 aromatic rings. The molecular weight excluding hydrogens is 377 g/mol. The Morgan fingerprint density at radius 3 is 2.17 bits per heavy atom. The summed E-state index contributed by atoms with van der Waals surface area (Å²) in [5.74, 6) is 1.05. The first kappa shape index (κ1) is 23.7. The number of rotatable bonds is 8. The molecule has 2 rings (SSSR count). The van der Waals surface area contributed by atoms with E-state index >= 15 is 0 Å². The van der Waals surface area contributed by atoms with E-state index in [1.54, 1.807) is 12.1 Å². The molecule has 1 aliphatic rings. The van der Waals surface area contributed by atoms with Gasteiger partial charge < -0.3 is 10.2 Å². The van der Waals surface area contributed by atoms with Crippen molar-refractivity contribution in [2.45, 2.75) is 65.6 Å². The van der Waals surface area contributed by atoms with Crippen molar-refractivity contribution in [2.75, 3.05) is 19.6 Å². The van der Waals surface area contributed by atoms with Gasteiger partial charge in [-0.1, -0.05) is 26.0 Å². The van der Waals surface area contributed by atoms with Crippen LogP contribution in [0.1, 0.15) is 58.1 Å². The molecule has 1 aromatic carbocycles. The third kappa shape index (κ3) is 7.65. The molecule has 0 bridgehead atoms. The van der Waals surface area contributed by atoms with Crippen LogP contribution in [0, 0.1) is 17.8 Å². The summed E-state index contributed by atoms with van der Waals surface area (Å²) in [5.41, 5.74) is 0.242. The Kier molecular flexibility index (Phi) is 8.56. The predicted octanol–water partition coefficient (Wildman–Crippen LogP) is 5.15. The largest absolute Gasteiger partial charge is 0.416 e. The Labute approximate surface area is 173 Å². The van der Waals surface area contributed by atoms with Crippen molar-refractivity contribution in [3.8, 4) is 0 Å². The first-order valence-corrected chi connectivity index (χ1v) is 10.7. The second-order valence-corrected chi connectivity index (χ2v) is 8.98. The van der Waals surface area contributed by atoms with Gasteiger partial charge in [0.05, 0.1) is 5.56 Å². The maximum atomic E-state index is 12.7. The van der Waals surface area contributed by atoms with Gasteiger partial charge in [0.1, 0.15) is 0 Å². The fourth-order valence-corrected chi connectivity index (χ4v) is 3.93. The zero-order chi connectivity index (χ0) is 21.6. The van der Waals surface area contributed by atoms with E-state index in [4.69, 9.17) is 0 Å². The van der Waals surface area contributed by atoms with Crippen molar-refractivity contribution >= 4 is 5.91 Å². The summed E-state index contributed by atoms with van der Waals surface area (Å²) in [5, 5.41) is 3.07. The van der Waals surface area contributed by atoms with Crippen molar-refractivity contribution in [1.82, 2.24) is 10.2 Å². The number of hydrogen-bond acceptors (Lipinski definition) is 2. The van der Waals surface area contributed by atoms with E-state index in [2.05, 4.69) is 37.9 Å². The number of carbonyl (C=O) groups excluding carboxylic acids is 1. The van der Waals surface area contributed by atoms with Gasteiger partial charge in [0.15, 0.2) is 0 Å². The molecule has 0 spiro atoms. The molecule has 0 aromatic heterocycles. The lowest BCUT2D eigenvalue weighted by molar-refractivity contribution is -0.137. The zero-order valence-electron chi connectivity index (χ0n) is 18.1. The van der Waals surface area contributed by atoms with Crippen LogP contribution in [0.15, 0.2) is 24.3 Å². The van der Waals surface area contributed by atoms with Crippen LogP contribution >= 0.6 is 0 Å². The van der Waals surface area contributed by atoms with E-state index < -0.39 is 11.7 Å². The van der Waals surface area contributed by atoms with Crippen LogP contribution < -0.4 is 5.32 Å². The smallest absolute Gasteiger partial charge is 0.356 e. The van der Waals surface area contributed by atoms with Crippen molar-refractivity contribution in [1.29, 1.82) is 0 Å². The minimum atomic E-state index is -4.31. The number of piperidine rings is 1. The van der Waals surface area contributed by atoms with Gasteiger partial charge in [0.25, 0.3) is 0 Å². The van der Waals surface area contributed by atoms with Crippen LogP contribution in [-0.4, -0.2) is 36.5 Å². The van der Waals surface area contributed by atoms with Crippen LogP contribution in [0.2, 0.25) is 0 Å². The van der Waals surface area contributed by atoms with E-state index in [1.807, 2.05) is 0 Å². The first-order valence-electron chi connectivity index (χ1n) is 10.7. The molecule has 29 heavy (non-hydrogen) atoms. The molecule has 1 heterocycles. The minimum absolute atomic E-state index is 0.0890. The molecule has 0 radical (unpaired) electrons. The van der Waals surface area contributed by atoms with Gasteiger partial charge in [-0.15, -0.1) is 0 Å². The minimum Gasteiger partial charge on any atom is -0.356 e. The van der Waals surface area contributed by atoms with Crippen LogP contribution in [0.3, 0.4) is 0 Å². The van der Waals surface area contributed by atoms with Crippen molar-refractivity contribution < 1.29 is 18.0 Å². The van der Waals surface area contributed by atoms with Gasteiger partial charge in [0.2, 0.25) is 5.91 Å². The number of halogens is 3. The van der Waals surface area contributed by atoms with Gasteiger partial charge in [-0.25, -0.2) is 0 Å². The Balaban J connectivity index is 1.81. The molecule has 1 N–H and O–H groups in total. The third-order valence-electron chi connectivity index (χ3n) is 6.14. The van der Waals surface area contributed by atoms with E-state index in [0.29, 0.717) is 37.3 Å². The summed E-state index contributed by atoms with van der Waals surface area (Å²) in [6.07, 6.45) is -0.968. The molecule has 3 nitrogen and oxygen atoms in total. The van der Waals surface area contributed by atoms with Crippen LogP contribution in [0.5, 0.6) is 0 Å². The topological polar surface area (TPSA) is 32.3 Å². The fraction of sp³-hybridized carbons (Fsp3) is 0.696. The fourth-order valence-electron chi connectivity index (χ4n) is 3.93. The molecule has 1 aliphatic heterocycles. The Morgan fingerprint density at radius 1 is 1.10 bits per heavy atom. The first-order chi connectivity index (χ1) is 13.6. The number of carbonyl (C=O) groups is 1. The average molecular weight is 413 g/mol. The lowest BCUT2D eigenvalue weighted by Gasteiger charge is -2.34. The molecule has 1 amide bonds. The van der Waals surface area contributed by atoms with Crippen molar-refractivity contribution in [3.63, 3.8) is 0 Å². The van der Waals surface area contributed by atoms with Gasteiger partial charge in [-0.3, -0.25) is 4.79 Å². The SMILES string of the molecule is CC(C)[C@H](CNC(=O)CC1CCN(C(C)C)CC1)Cc1ccc(C(F)(F)F)cc1. The summed E-state index contributed by atoms with van der Waals surface area (Å²) in [4.78, 5) is 14.9. The highest BCUT2D eigenvalue weighted by Gasteiger charge is 2.30. The normalized spacial score (nSPS) is 17.7. The van der Waals surface area contributed by atoms with Crippen LogP contribution in [0.25, 0.3) is 0 Å². The van der Waals surface area contributed by atoms with Gasteiger partial charge in [0, 0.05) is 19.0 Å². The summed E-state index contributed by atoms with van der Waals surface area (Å²) in [6.45, 7) is 11.2. The monoisotopic (exact) mass is 412 g/mol. The highest BCUT2D eigenvalue weighted by Crippen LogP contribution is 2.29. The van der Waals surface area contributed by atoms with Crippen molar-refractivity contribution in [3.05, 3.63) is 35.4 Å². The lowest BCUT2D eigenvalue weighted by atomic mass is 9.88. The quantitative estimate of drug-likeness (QED) is 0.641. The second-order valence-electron chi connectivity index (χ2n) is 8.98. The second kappa shape index (κ2) is 10.5. The molecule has 1 saturated heterocycles. The van der Waals surface area contributed by atoms with Gasteiger partial charge in [-0.05, 0) is 81.6 Å². The number of hydrogen-bond donors (Lipinski definition) is 1. The molecule has 1 atom stereocenters. The zero-order valence-corrected chi connectivity index (χ0v) is 18.1. The highest BCUT2D eigenvalue weighted by atomic mass is 19.4.